The Morgan fingerprint density at radius 1 is 1.10 bits per heavy atom. The van der Waals surface area contributed by atoms with Gasteiger partial charge in [-0.2, -0.15) is 0 Å². The minimum Gasteiger partial charge on any atom is -0.508 e. The number of aliphatic hydroxyl groups excluding tert-OH is 1. The van der Waals surface area contributed by atoms with Crippen LogP contribution < -0.4 is 19.7 Å². The van der Waals surface area contributed by atoms with E-state index in [1.165, 1.54) is 0 Å². The lowest BCUT2D eigenvalue weighted by Crippen LogP contribution is -2.58. The van der Waals surface area contributed by atoms with Crippen molar-refractivity contribution in [2.24, 2.45) is 0 Å². The maximum absolute atomic E-state index is 9.92. The maximum atomic E-state index is 9.92. The van der Waals surface area contributed by atoms with Gasteiger partial charge in [-0.1, -0.05) is 48.8 Å². The minimum atomic E-state index is 0.00706. The SMILES string of the molecule is C=C(O)c1ccc2c(c1)N(Cc1ccno1)C(CN1CC(Oc3ccnc(COc4ccc(Cl)cc4Cl)c3)C1)N2.CC. The fourth-order valence-corrected chi connectivity index (χ4v) is 5.33. The predicted octanol–water partition coefficient (Wildman–Crippen LogP) is 7.03. The van der Waals surface area contributed by atoms with Gasteiger partial charge in [0.2, 0.25) is 0 Å². The number of halogens is 2. The van der Waals surface area contributed by atoms with Gasteiger partial charge < -0.3 is 29.3 Å². The number of nitrogens with one attached hydrogen (secondary N) is 1. The third kappa shape index (κ3) is 6.92. The molecular weight excluding hydrogens is 577 g/mol. The van der Waals surface area contributed by atoms with Crippen molar-refractivity contribution in [3.8, 4) is 11.5 Å². The zero-order valence-corrected chi connectivity index (χ0v) is 25.0. The molecule has 2 aliphatic heterocycles. The third-order valence-corrected chi connectivity index (χ3v) is 7.40. The van der Waals surface area contributed by atoms with E-state index in [4.69, 9.17) is 37.2 Å². The zero-order chi connectivity index (χ0) is 29.6. The average Bonchev–Trinajstić information content (AvgIpc) is 3.60. The molecule has 0 saturated carbocycles. The lowest BCUT2D eigenvalue weighted by molar-refractivity contribution is 0.0175. The molecule has 2 aromatic heterocycles. The molecule has 0 amide bonds. The van der Waals surface area contributed by atoms with Gasteiger partial charge in [-0.15, -0.1) is 0 Å². The van der Waals surface area contributed by atoms with Crippen LogP contribution in [0.25, 0.3) is 5.76 Å². The van der Waals surface area contributed by atoms with E-state index < -0.39 is 0 Å². The molecule has 9 nitrogen and oxygen atoms in total. The van der Waals surface area contributed by atoms with Crippen molar-refractivity contribution in [3.05, 3.63) is 101 Å². The number of hydrogen-bond acceptors (Lipinski definition) is 9. The Balaban J connectivity index is 0.00000173. The first-order chi connectivity index (χ1) is 20.4. The van der Waals surface area contributed by atoms with Crippen molar-refractivity contribution < 1.29 is 19.1 Å². The van der Waals surface area contributed by atoms with Crippen LogP contribution in [0.3, 0.4) is 0 Å². The number of rotatable bonds is 10. The molecule has 220 valence electrons. The second-order valence-corrected chi connectivity index (χ2v) is 10.6. The Morgan fingerprint density at radius 3 is 2.67 bits per heavy atom. The van der Waals surface area contributed by atoms with E-state index in [0.29, 0.717) is 27.9 Å². The first-order valence-corrected chi connectivity index (χ1v) is 14.5. The van der Waals surface area contributed by atoms with Gasteiger partial charge >= 0.3 is 0 Å². The van der Waals surface area contributed by atoms with Crippen LogP contribution in [-0.2, 0) is 13.2 Å². The second kappa shape index (κ2) is 13.4. The lowest BCUT2D eigenvalue weighted by atomic mass is 10.1. The van der Waals surface area contributed by atoms with Crippen molar-refractivity contribution in [2.75, 3.05) is 29.9 Å². The smallest absolute Gasteiger partial charge is 0.156 e. The van der Waals surface area contributed by atoms with E-state index in [2.05, 4.69) is 31.8 Å². The van der Waals surface area contributed by atoms with Gasteiger partial charge in [-0.25, -0.2) is 0 Å². The summed E-state index contributed by atoms with van der Waals surface area (Å²) < 4.78 is 17.4. The summed E-state index contributed by atoms with van der Waals surface area (Å²) in [5.41, 5.74) is 3.39. The van der Waals surface area contributed by atoms with Crippen LogP contribution in [0.4, 0.5) is 11.4 Å². The number of pyridine rings is 1. The van der Waals surface area contributed by atoms with E-state index in [-0.39, 0.29) is 24.6 Å². The molecule has 0 bridgehead atoms. The predicted molar refractivity (Wildman–Crippen MR) is 165 cm³/mol. The number of fused-ring (bicyclic) bond motifs is 1. The fraction of sp³-hybridized carbons (Fsp3) is 0.290. The van der Waals surface area contributed by atoms with Crippen LogP contribution in [0.5, 0.6) is 11.5 Å². The highest BCUT2D eigenvalue weighted by molar-refractivity contribution is 6.35. The van der Waals surface area contributed by atoms with E-state index >= 15 is 0 Å². The zero-order valence-electron chi connectivity index (χ0n) is 23.5. The fourth-order valence-electron chi connectivity index (χ4n) is 4.86. The van der Waals surface area contributed by atoms with Crippen molar-refractivity contribution in [2.45, 2.75) is 39.3 Å². The summed E-state index contributed by atoms with van der Waals surface area (Å²) in [5.74, 6) is 2.09. The Hall–Kier alpha value is -3.92. The van der Waals surface area contributed by atoms with Gasteiger partial charge in [0.05, 0.1) is 34.8 Å². The van der Waals surface area contributed by atoms with Gasteiger partial charge in [0.25, 0.3) is 0 Å². The quantitative estimate of drug-likeness (QED) is 0.184. The highest BCUT2D eigenvalue weighted by Crippen LogP contribution is 2.38. The van der Waals surface area contributed by atoms with Crippen molar-refractivity contribution >= 4 is 40.3 Å². The molecule has 1 saturated heterocycles. The number of nitrogens with zero attached hydrogens (tertiary/aromatic N) is 4. The van der Waals surface area contributed by atoms with Gasteiger partial charge in [-0.3, -0.25) is 9.88 Å². The molecular formula is C31H33Cl2N5O4. The van der Waals surface area contributed by atoms with E-state index in [1.807, 2.05) is 50.2 Å². The Morgan fingerprint density at radius 2 is 1.93 bits per heavy atom. The summed E-state index contributed by atoms with van der Waals surface area (Å²) in [5, 5.41) is 18.4. The summed E-state index contributed by atoms with van der Waals surface area (Å²) in [6.45, 7) is 10.8. The molecule has 4 aromatic rings. The van der Waals surface area contributed by atoms with E-state index in [0.717, 1.165) is 48.2 Å². The number of anilines is 2. The highest BCUT2D eigenvalue weighted by atomic mass is 35.5. The molecule has 2 aliphatic rings. The van der Waals surface area contributed by atoms with Crippen LogP contribution in [0, 0.1) is 0 Å². The maximum Gasteiger partial charge on any atom is 0.156 e. The van der Waals surface area contributed by atoms with Gasteiger partial charge in [0.1, 0.15) is 36.1 Å². The Kier molecular flexibility index (Phi) is 9.41. The summed E-state index contributed by atoms with van der Waals surface area (Å²) in [6, 6.07) is 16.5. The summed E-state index contributed by atoms with van der Waals surface area (Å²) in [4.78, 5) is 8.94. The first kappa shape index (κ1) is 29.6. The lowest BCUT2D eigenvalue weighted by Gasteiger charge is -2.41. The molecule has 0 spiro atoms. The molecule has 1 atom stereocenters. The topological polar surface area (TPSA) is 96.1 Å². The number of likely N-dealkylation sites (tertiary alicyclic amines) is 1. The van der Waals surface area contributed by atoms with E-state index in [1.54, 1.807) is 30.6 Å². The Labute approximate surface area is 255 Å². The molecule has 2 N–H and O–H groups in total. The number of hydrogen-bond donors (Lipinski definition) is 2. The monoisotopic (exact) mass is 609 g/mol. The van der Waals surface area contributed by atoms with Gasteiger partial charge in [-0.05, 0) is 42.5 Å². The number of ether oxygens (including phenoxy) is 2. The summed E-state index contributed by atoms with van der Waals surface area (Å²) in [7, 11) is 0. The van der Waals surface area contributed by atoms with Crippen molar-refractivity contribution in [3.63, 3.8) is 0 Å². The van der Waals surface area contributed by atoms with Crippen LogP contribution in [-0.4, -0.2) is 52.1 Å². The van der Waals surface area contributed by atoms with Crippen molar-refractivity contribution in [1.82, 2.24) is 15.0 Å². The molecule has 2 aromatic carbocycles. The second-order valence-electron chi connectivity index (χ2n) is 9.75. The molecule has 11 heteroatoms. The molecule has 0 radical (unpaired) electrons. The van der Waals surface area contributed by atoms with Crippen LogP contribution >= 0.6 is 23.2 Å². The number of aromatic nitrogens is 2. The normalized spacial score (nSPS) is 16.1. The van der Waals surface area contributed by atoms with Gasteiger partial charge in [0, 0.05) is 48.5 Å². The highest BCUT2D eigenvalue weighted by Gasteiger charge is 2.36. The van der Waals surface area contributed by atoms with Crippen LogP contribution in [0.15, 0.2) is 78.1 Å². The molecule has 1 fully saturated rings. The van der Waals surface area contributed by atoms with Crippen LogP contribution in [0.2, 0.25) is 10.0 Å². The molecule has 42 heavy (non-hydrogen) atoms. The summed E-state index contributed by atoms with van der Waals surface area (Å²) in [6.07, 6.45) is 3.43. The largest absolute Gasteiger partial charge is 0.508 e. The summed E-state index contributed by atoms with van der Waals surface area (Å²) >= 11 is 12.2. The Bertz CT molecular complexity index is 1510. The molecule has 0 aliphatic carbocycles. The first-order valence-electron chi connectivity index (χ1n) is 13.8. The van der Waals surface area contributed by atoms with Crippen LogP contribution in [0.1, 0.15) is 30.9 Å². The molecule has 4 heterocycles. The minimum absolute atomic E-state index is 0.00706. The number of aliphatic hydroxyl groups is 1. The standard InChI is InChI=1S/C29H27Cl2N5O4.C2H6/c1-18(37)19-2-4-26-27(10-19)36(15-23-7-9-33-40-23)29(34-26)16-35-13-24(14-35)39-22-6-8-32-21(12-22)17-38-28-5-3-20(30)11-25(28)31;1-2/h2-12,24,29,34,37H,1,13-17H2;1-2H3. The van der Waals surface area contributed by atoms with E-state index in [9.17, 15) is 5.11 Å². The van der Waals surface area contributed by atoms with Gasteiger partial charge in [0.15, 0.2) is 5.76 Å². The third-order valence-electron chi connectivity index (χ3n) is 6.87. The molecule has 6 rings (SSSR count). The van der Waals surface area contributed by atoms with Crippen molar-refractivity contribution in [1.29, 1.82) is 0 Å². The number of benzene rings is 2. The average molecular weight is 611 g/mol. The molecule has 1 unspecified atom stereocenters.